The first kappa shape index (κ1) is 21.0. The summed E-state index contributed by atoms with van der Waals surface area (Å²) < 4.78 is 25.9. The summed E-state index contributed by atoms with van der Waals surface area (Å²) >= 11 is 1.34. The van der Waals surface area contributed by atoms with Gasteiger partial charge in [-0.05, 0) is 48.5 Å². The molecule has 0 N–H and O–H groups in total. The van der Waals surface area contributed by atoms with Gasteiger partial charge in [-0.2, -0.15) is 0 Å². The number of benzene rings is 3. The lowest BCUT2D eigenvalue weighted by molar-refractivity contribution is 0.414. The molecule has 6 nitrogen and oxygen atoms in total. The van der Waals surface area contributed by atoms with Crippen molar-refractivity contribution in [3.05, 3.63) is 101 Å². The van der Waals surface area contributed by atoms with E-state index < -0.39 is 0 Å². The second kappa shape index (κ2) is 8.91. The highest BCUT2D eigenvalue weighted by atomic mass is 32.2. The van der Waals surface area contributed by atoms with Crippen LogP contribution < -0.4 is 10.3 Å². The number of hydrogen-bond donors (Lipinski definition) is 0. The topological polar surface area (TPSA) is 70.2 Å². The summed E-state index contributed by atoms with van der Waals surface area (Å²) in [4.78, 5) is 22.4. The van der Waals surface area contributed by atoms with E-state index in [2.05, 4.69) is 4.98 Å². The molecule has 0 spiro atoms. The van der Waals surface area contributed by atoms with Crippen molar-refractivity contribution >= 4 is 22.7 Å². The van der Waals surface area contributed by atoms with Gasteiger partial charge in [-0.25, -0.2) is 14.4 Å². The average Bonchev–Trinajstić information content (AvgIpc) is 3.32. The molecule has 33 heavy (non-hydrogen) atoms. The molecular formula is C25H18FN3O3S. The van der Waals surface area contributed by atoms with Crippen molar-refractivity contribution in [2.45, 2.75) is 10.9 Å². The number of aromatic nitrogens is 3. The zero-order valence-corrected chi connectivity index (χ0v) is 18.4. The van der Waals surface area contributed by atoms with E-state index in [-0.39, 0.29) is 11.4 Å². The molecule has 0 aliphatic heterocycles. The number of methoxy groups -OCH3 is 1. The fraction of sp³-hybridized carbons (Fsp3) is 0.0800. The van der Waals surface area contributed by atoms with Crippen LogP contribution in [0, 0.1) is 5.82 Å². The van der Waals surface area contributed by atoms with Crippen LogP contribution >= 0.6 is 11.8 Å². The number of oxazole rings is 1. The van der Waals surface area contributed by atoms with Gasteiger partial charge in [-0.15, -0.1) is 0 Å². The lowest BCUT2D eigenvalue weighted by Gasteiger charge is -2.13. The van der Waals surface area contributed by atoms with Gasteiger partial charge in [0.1, 0.15) is 11.6 Å². The van der Waals surface area contributed by atoms with E-state index in [9.17, 15) is 9.18 Å². The Hall–Kier alpha value is -3.91. The van der Waals surface area contributed by atoms with Crippen molar-refractivity contribution in [1.82, 2.24) is 14.5 Å². The first-order chi connectivity index (χ1) is 16.1. The molecule has 0 atom stereocenters. The maximum atomic E-state index is 13.4. The largest absolute Gasteiger partial charge is 0.497 e. The van der Waals surface area contributed by atoms with Crippen LogP contribution in [0.5, 0.6) is 5.75 Å². The number of fused-ring (bicyclic) bond motifs is 1. The Labute approximate surface area is 192 Å². The Morgan fingerprint density at radius 3 is 2.70 bits per heavy atom. The van der Waals surface area contributed by atoms with Gasteiger partial charge < -0.3 is 9.15 Å². The standard InChI is InChI=1S/C25H18FN3O3S/c1-31-19-6-4-5-18(13-19)29-24(30)20-7-2-3-8-21(20)28-25(29)33-15-23-27-14-22(32-23)16-9-11-17(26)12-10-16/h2-14H,15H2,1H3. The van der Waals surface area contributed by atoms with Gasteiger partial charge in [0.15, 0.2) is 10.9 Å². The van der Waals surface area contributed by atoms with Crippen LogP contribution in [0.1, 0.15) is 5.89 Å². The van der Waals surface area contributed by atoms with Crippen molar-refractivity contribution in [3.8, 4) is 22.8 Å². The zero-order chi connectivity index (χ0) is 22.8. The van der Waals surface area contributed by atoms with Crippen molar-refractivity contribution in [2.75, 3.05) is 7.11 Å². The molecule has 0 bridgehead atoms. The second-order valence-electron chi connectivity index (χ2n) is 7.17. The second-order valence-corrected chi connectivity index (χ2v) is 8.11. The molecule has 0 amide bonds. The maximum Gasteiger partial charge on any atom is 0.266 e. The minimum absolute atomic E-state index is 0.171. The molecule has 0 aliphatic carbocycles. The van der Waals surface area contributed by atoms with Gasteiger partial charge in [0.25, 0.3) is 5.56 Å². The van der Waals surface area contributed by atoms with Gasteiger partial charge >= 0.3 is 0 Å². The minimum atomic E-state index is -0.313. The third kappa shape index (κ3) is 4.25. The van der Waals surface area contributed by atoms with Crippen LogP contribution in [-0.2, 0) is 5.75 Å². The molecule has 164 valence electrons. The molecule has 5 aromatic rings. The van der Waals surface area contributed by atoms with Crippen molar-refractivity contribution in [3.63, 3.8) is 0 Å². The molecule has 0 unspecified atom stereocenters. The number of hydrogen-bond acceptors (Lipinski definition) is 6. The Kier molecular flexibility index (Phi) is 5.66. The summed E-state index contributed by atoms with van der Waals surface area (Å²) in [6, 6.07) is 20.5. The smallest absolute Gasteiger partial charge is 0.266 e. The number of ether oxygens (including phenoxy) is 1. The third-order valence-corrected chi connectivity index (χ3v) is 5.99. The van der Waals surface area contributed by atoms with Crippen LogP contribution in [0.4, 0.5) is 4.39 Å². The highest BCUT2D eigenvalue weighted by molar-refractivity contribution is 7.98. The molecule has 3 aromatic carbocycles. The minimum Gasteiger partial charge on any atom is -0.497 e. The first-order valence-electron chi connectivity index (χ1n) is 10.1. The van der Waals surface area contributed by atoms with Gasteiger partial charge in [0, 0.05) is 11.6 Å². The molecule has 2 aromatic heterocycles. The van der Waals surface area contributed by atoms with Crippen LogP contribution in [0.25, 0.3) is 27.9 Å². The summed E-state index contributed by atoms with van der Waals surface area (Å²) in [5.41, 5.74) is 1.83. The van der Waals surface area contributed by atoms with E-state index in [4.69, 9.17) is 14.1 Å². The van der Waals surface area contributed by atoms with Gasteiger partial charge in [-0.1, -0.05) is 30.0 Å². The summed E-state index contributed by atoms with van der Waals surface area (Å²) in [6.07, 6.45) is 1.60. The predicted octanol–water partition coefficient (Wildman–Crippen LogP) is 5.48. The average molecular weight is 460 g/mol. The number of rotatable bonds is 6. The SMILES string of the molecule is COc1cccc(-n2c(SCc3ncc(-c4ccc(F)cc4)o3)nc3ccccc3c2=O)c1. The molecular weight excluding hydrogens is 441 g/mol. The first-order valence-corrected chi connectivity index (χ1v) is 11.1. The van der Waals surface area contributed by atoms with Crippen molar-refractivity contribution in [1.29, 1.82) is 0 Å². The van der Waals surface area contributed by atoms with E-state index in [1.165, 1.54) is 23.9 Å². The van der Waals surface area contributed by atoms with E-state index in [0.717, 1.165) is 5.56 Å². The molecule has 2 heterocycles. The van der Waals surface area contributed by atoms with E-state index in [0.29, 0.717) is 44.9 Å². The van der Waals surface area contributed by atoms with E-state index >= 15 is 0 Å². The van der Waals surface area contributed by atoms with Crippen LogP contribution in [0.3, 0.4) is 0 Å². The lowest BCUT2D eigenvalue weighted by atomic mass is 10.2. The fourth-order valence-corrected chi connectivity index (χ4v) is 4.30. The zero-order valence-electron chi connectivity index (χ0n) is 17.6. The highest BCUT2D eigenvalue weighted by Crippen LogP contribution is 2.28. The van der Waals surface area contributed by atoms with Crippen molar-refractivity contribution in [2.24, 2.45) is 0 Å². The molecule has 0 fully saturated rings. The number of nitrogens with zero attached hydrogens (tertiary/aromatic N) is 3. The number of halogens is 1. The predicted molar refractivity (Wildman–Crippen MR) is 125 cm³/mol. The summed E-state index contributed by atoms with van der Waals surface area (Å²) in [7, 11) is 1.58. The maximum absolute atomic E-state index is 13.4. The number of thioether (sulfide) groups is 1. The van der Waals surface area contributed by atoms with Gasteiger partial charge in [-0.3, -0.25) is 9.36 Å². The Balaban J connectivity index is 1.51. The van der Waals surface area contributed by atoms with Crippen LogP contribution in [0.15, 0.2) is 93.4 Å². The normalized spacial score (nSPS) is 11.1. The summed E-state index contributed by atoms with van der Waals surface area (Å²) in [6.45, 7) is 0. The van der Waals surface area contributed by atoms with E-state index in [1.807, 2.05) is 36.4 Å². The molecule has 8 heteroatoms. The monoisotopic (exact) mass is 459 g/mol. The lowest BCUT2D eigenvalue weighted by Crippen LogP contribution is -2.21. The highest BCUT2D eigenvalue weighted by Gasteiger charge is 2.15. The fourth-order valence-electron chi connectivity index (χ4n) is 3.44. The quantitative estimate of drug-likeness (QED) is 0.247. The molecule has 5 rings (SSSR count). The Morgan fingerprint density at radius 1 is 1.06 bits per heavy atom. The molecule has 0 saturated carbocycles. The Morgan fingerprint density at radius 2 is 1.88 bits per heavy atom. The van der Waals surface area contributed by atoms with Crippen LogP contribution in [0.2, 0.25) is 0 Å². The summed E-state index contributed by atoms with van der Waals surface area (Å²) in [5.74, 6) is 1.70. The van der Waals surface area contributed by atoms with Gasteiger partial charge in [0.05, 0.1) is 35.6 Å². The summed E-state index contributed by atoms with van der Waals surface area (Å²) in [5, 5.41) is 1.04. The van der Waals surface area contributed by atoms with Crippen molar-refractivity contribution < 1.29 is 13.5 Å². The molecule has 0 radical (unpaired) electrons. The number of para-hydroxylation sites is 1. The van der Waals surface area contributed by atoms with Crippen LogP contribution in [-0.4, -0.2) is 21.6 Å². The Bertz CT molecular complexity index is 1500. The molecule has 0 saturated heterocycles. The third-order valence-electron chi connectivity index (χ3n) is 5.06. The van der Waals surface area contributed by atoms with E-state index in [1.54, 1.807) is 42.1 Å². The van der Waals surface area contributed by atoms with Gasteiger partial charge in [0.2, 0.25) is 5.89 Å². The molecule has 0 aliphatic rings.